The van der Waals surface area contributed by atoms with Crippen LogP contribution in [0.4, 0.5) is 0 Å². The van der Waals surface area contributed by atoms with Crippen molar-refractivity contribution < 1.29 is 4.57 Å². The number of H-pyrrole nitrogens is 2. The Morgan fingerprint density at radius 1 is 1.00 bits per heavy atom. The van der Waals surface area contributed by atoms with Crippen LogP contribution in [-0.4, -0.2) is 15.0 Å². The van der Waals surface area contributed by atoms with E-state index in [1.54, 1.807) is 0 Å². The minimum Gasteiger partial charge on any atom is -0.267 e. The zero-order chi connectivity index (χ0) is 18.8. The summed E-state index contributed by atoms with van der Waals surface area (Å²) in [6.07, 6.45) is 2.94. The van der Waals surface area contributed by atoms with Crippen LogP contribution < -0.4 is 15.8 Å². The van der Waals surface area contributed by atoms with Gasteiger partial charge in [0, 0.05) is 0 Å². The van der Waals surface area contributed by atoms with E-state index in [1.165, 1.54) is 5.56 Å². The molecule has 4 aromatic rings. The summed E-state index contributed by atoms with van der Waals surface area (Å²) in [6, 6.07) is 16.3. The number of fused-ring (bicyclic) bond motifs is 2. The molecule has 0 saturated carbocycles. The SMILES string of the molecule is Cc1ccc2c(c1)nc1c(=O)[nH]c(=O)[nH]c1[n+]2CCCCc1ccccc1. The average Bonchev–Trinajstić information content (AvgIpc) is 2.66. The van der Waals surface area contributed by atoms with Gasteiger partial charge in [0.05, 0.1) is 6.54 Å². The second-order valence-corrected chi connectivity index (χ2v) is 6.80. The molecule has 0 spiro atoms. The second-order valence-electron chi connectivity index (χ2n) is 6.80. The molecular formula is C21H21N4O2+. The predicted molar refractivity (Wildman–Crippen MR) is 105 cm³/mol. The Labute approximate surface area is 155 Å². The van der Waals surface area contributed by atoms with Gasteiger partial charge in [-0.2, -0.15) is 4.98 Å². The molecule has 2 aromatic carbocycles. The largest absolute Gasteiger partial charge is 0.413 e. The molecule has 0 atom stereocenters. The van der Waals surface area contributed by atoms with Crippen LogP contribution >= 0.6 is 0 Å². The molecule has 136 valence electrons. The first-order chi connectivity index (χ1) is 13.1. The third-order valence-corrected chi connectivity index (χ3v) is 4.76. The van der Waals surface area contributed by atoms with Crippen LogP contribution in [0.15, 0.2) is 58.1 Å². The zero-order valence-corrected chi connectivity index (χ0v) is 15.2. The molecule has 0 aliphatic heterocycles. The standard InChI is InChI=1S/C21H20N4O2/c1-14-10-11-17-16(13-14)22-18-19(23-21(27)24-20(18)26)25(17)12-6-5-9-15-7-3-2-4-8-15/h2-4,7-8,10-11,13H,5-6,9,12H2,1H3,(H,24,26,27)/p+1. The van der Waals surface area contributed by atoms with Crippen molar-refractivity contribution in [1.29, 1.82) is 0 Å². The maximum atomic E-state index is 12.2. The highest BCUT2D eigenvalue weighted by Crippen LogP contribution is 2.13. The number of aromatic nitrogens is 4. The van der Waals surface area contributed by atoms with E-state index in [0.29, 0.717) is 12.2 Å². The summed E-state index contributed by atoms with van der Waals surface area (Å²) in [6.45, 7) is 2.69. The summed E-state index contributed by atoms with van der Waals surface area (Å²) in [7, 11) is 0. The summed E-state index contributed by atoms with van der Waals surface area (Å²) >= 11 is 0. The fraction of sp³-hybridized carbons (Fsp3) is 0.238. The van der Waals surface area contributed by atoms with Gasteiger partial charge < -0.3 is 0 Å². The van der Waals surface area contributed by atoms with Gasteiger partial charge in [0.1, 0.15) is 5.52 Å². The molecule has 0 fully saturated rings. The number of aromatic amines is 2. The predicted octanol–water partition coefficient (Wildman–Crippen LogP) is 2.38. The molecule has 27 heavy (non-hydrogen) atoms. The topological polar surface area (TPSA) is 82.5 Å². The first-order valence-electron chi connectivity index (χ1n) is 9.12. The van der Waals surface area contributed by atoms with Crippen molar-refractivity contribution in [3.8, 4) is 0 Å². The fourth-order valence-electron chi connectivity index (χ4n) is 3.44. The van der Waals surface area contributed by atoms with Crippen molar-refractivity contribution in [2.24, 2.45) is 0 Å². The van der Waals surface area contributed by atoms with E-state index in [9.17, 15) is 9.59 Å². The van der Waals surface area contributed by atoms with Gasteiger partial charge in [-0.15, -0.1) is 0 Å². The first kappa shape index (κ1) is 17.1. The molecule has 0 amide bonds. The van der Waals surface area contributed by atoms with E-state index in [0.717, 1.165) is 35.9 Å². The van der Waals surface area contributed by atoms with Crippen molar-refractivity contribution in [1.82, 2.24) is 15.0 Å². The van der Waals surface area contributed by atoms with Crippen LogP contribution in [0.1, 0.15) is 24.0 Å². The molecule has 6 nitrogen and oxygen atoms in total. The maximum Gasteiger partial charge on any atom is 0.413 e. The lowest BCUT2D eigenvalue weighted by atomic mass is 10.1. The third kappa shape index (κ3) is 3.51. The van der Waals surface area contributed by atoms with Crippen molar-refractivity contribution in [3.05, 3.63) is 80.5 Å². The Bertz CT molecular complexity index is 1230. The minimum absolute atomic E-state index is 0.260. The number of aryl methyl sites for hydroxylation is 3. The molecule has 2 aromatic heterocycles. The fourth-order valence-corrected chi connectivity index (χ4v) is 3.44. The molecule has 6 heteroatoms. The Morgan fingerprint density at radius 3 is 2.63 bits per heavy atom. The Morgan fingerprint density at radius 2 is 1.81 bits per heavy atom. The van der Waals surface area contributed by atoms with E-state index in [4.69, 9.17) is 0 Å². The molecule has 4 rings (SSSR count). The van der Waals surface area contributed by atoms with Gasteiger partial charge in [-0.3, -0.25) is 9.78 Å². The van der Waals surface area contributed by atoms with E-state index in [-0.39, 0.29) is 5.52 Å². The molecule has 0 aliphatic rings. The molecular weight excluding hydrogens is 340 g/mol. The van der Waals surface area contributed by atoms with Crippen molar-refractivity contribution in [2.45, 2.75) is 32.7 Å². The van der Waals surface area contributed by atoms with Crippen molar-refractivity contribution in [3.63, 3.8) is 0 Å². The van der Waals surface area contributed by atoms with Crippen LogP contribution in [0.2, 0.25) is 0 Å². The summed E-state index contributed by atoms with van der Waals surface area (Å²) in [5.41, 5.74) is 3.81. The number of rotatable bonds is 5. The number of hydrogen-bond donors (Lipinski definition) is 2. The second kappa shape index (κ2) is 7.15. The maximum absolute atomic E-state index is 12.2. The van der Waals surface area contributed by atoms with Gasteiger partial charge in [-0.1, -0.05) is 36.4 Å². The van der Waals surface area contributed by atoms with Crippen LogP contribution in [0, 0.1) is 6.92 Å². The molecule has 0 unspecified atom stereocenters. The summed E-state index contributed by atoms with van der Waals surface area (Å²) < 4.78 is 2.00. The first-order valence-corrected chi connectivity index (χ1v) is 9.12. The molecule has 2 N–H and O–H groups in total. The van der Waals surface area contributed by atoms with Crippen LogP contribution in [0.5, 0.6) is 0 Å². The summed E-state index contributed by atoms with van der Waals surface area (Å²) in [4.78, 5) is 33.6. The molecule has 0 aliphatic carbocycles. The Kier molecular flexibility index (Phi) is 4.54. The van der Waals surface area contributed by atoms with E-state index in [1.807, 2.05) is 47.9 Å². The lowest BCUT2D eigenvalue weighted by molar-refractivity contribution is -0.648. The van der Waals surface area contributed by atoms with Gasteiger partial charge >= 0.3 is 11.3 Å². The average molecular weight is 361 g/mol. The van der Waals surface area contributed by atoms with Gasteiger partial charge in [0.25, 0.3) is 5.56 Å². The Balaban J connectivity index is 1.72. The summed E-state index contributed by atoms with van der Waals surface area (Å²) in [5, 5.41) is 0. The van der Waals surface area contributed by atoms with E-state index < -0.39 is 11.2 Å². The van der Waals surface area contributed by atoms with Gasteiger partial charge in [-0.05, 0) is 49.4 Å². The van der Waals surface area contributed by atoms with Crippen molar-refractivity contribution >= 4 is 22.2 Å². The lowest BCUT2D eigenvalue weighted by Gasteiger charge is -2.08. The van der Waals surface area contributed by atoms with Crippen LogP contribution in [0.25, 0.3) is 22.2 Å². The van der Waals surface area contributed by atoms with Crippen LogP contribution in [0.3, 0.4) is 0 Å². The number of nitrogens with zero attached hydrogens (tertiary/aromatic N) is 2. The molecule has 0 saturated heterocycles. The normalized spacial score (nSPS) is 11.3. The van der Waals surface area contributed by atoms with E-state index >= 15 is 0 Å². The number of nitrogens with one attached hydrogen (secondary N) is 2. The summed E-state index contributed by atoms with van der Waals surface area (Å²) in [5.74, 6) is 0. The van der Waals surface area contributed by atoms with Gasteiger partial charge in [0.2, 0.25) is 5.52 Å². The molecule has 0 bridgehead atoms. The molecule has 2 heterocycles. The van der Waals surface area contributed by atoms with Gasteiger partial charge in [0.15, 0.2) is 5.52 Å². The zero-order valence-electron chi connectivity index (χ0n) is 15.2. The van der Waals surface area contributed by atoms with Gasteiger partial charge in [-0.25, -0.2) is 14.3 Å². The number of hydrogen-bond acceptors (Lipinski definition) is 3. The molecule has 0 radical (unpaired) electrons. The lowest BCUT2D eigenvalue weighted by Crippen LogP contribution is -2.40. The monoisotopic (exact) mass is 361 g/mol. The van der Waals surface area contributed by atoms with Crippen LogP contribution in [-0.2, 0) is 13.0 Å². The number of unbranched alkanes of at least 4 members (excludes halogenated alkanes) is 1. The quantitative estimate of drug-likeness (QED) is 0.325. The Hall–Kier alpha value is -3.28. The van der Waals surface area contributed by atoms with Crippen molar-refractivity contribution in [2.75, 3.05) is 0 Å². The minimum atomic E-state index is -0.515. The third-order valence-electron chi connectivity index (χ3n) is 4.76. The highest BCUT2D eigenvalue weighted by molar-refractivity contribution is 5.79. The number of benzene rings is 2. The highest BCUT2D eigenvalue weighted by Gasteiger charge is 2.18. The highest BCUT2D eigenvalue weighted by atomic mass is 16.2. The smallest absolute Gasteiger partial charge is 0.267 e. The van der Waals surface area contributed by atoms with E-state index in [2.05, 4.69) is 27.1 Å².